The van der Waals surface area contributed by atoms with Crippen LogP contribution in [0.2, 0.25) is 0 Å². The van der Waals surface area contributed by atoms with Gasteiger partial charge in [-0.3, -0.25) is 4.79 Å². The normalized spacial score (nSPS) is 10.3. The van der Waals surface area contributed by atoms with Crippen LogP contribution in [0.1, 0.15) is 21.5 Å². The van der Waals surface area contributed by atoms with Gasteiger partial charge in [-0.25, -0.2) is 4.39 Å². The second-order valence-corrected chi connectivity index (χ2v) is 5.28. The number of amides is 1. The molecule has 0 aromatic heterocycles. The van der Waals surface area contributed by atoms with E-state index in [1.54, 1.807) is 19.1 Å². The highest BCUT2D eigenvalue weighted by molar-refractivity contribution is 9.10. The summed E-state index contributed by atoms with van der Waals surface area (Å²) in [6.45, 7) is 3.73. The number of aryl methyl sites for hydroxylation is 2. The first-order valence-electron chi connectivity index (χ1n) is 5.81. The lowest BCUT2D eigenvalue weighted by Crippen LogP contribution is -2.14. The first-order chi connectivity index (χ1) is 8.97. The van der Waals surface area contributed by atoms with E-state index in [1.165, 1.54) is 12.1 Å². The van der Waals surface area contributed by atoms with Gasteiger partial charge in [0.15, 0.2) is 0 Å². The molecule has 0 radical (unpaired) electrons. The van der Waals surface area contributed by atoms with Crippen molar-refractivity contribution in [1.82, 2.24) is 0 Å². The van der Waals surface area contributed by atoms with Crippen LogP contribution in [0.15, 0.2) is 40.9 Å². The third kappa shape index (κ3) is 3.20. The fraction of sp³-hybridized carbons (Fsp3) is 0.133. The highest BCUT2D eigenvalue weighted by atomic mass is 79.9. The summed E-state index contributed by atoms with van der Waals surface area (Å²) in [7, 11) is 0. The minimum absolute atomic E-state index is 0.0399. The first kappa shape index (κ1) is 13.7. The third-order valence-corrected chi connectivity index (χ3v) is 3.40. The Hall–Kier alpha value is -1.68. The molecule has 1 amide bonds. The SMILES string of the molecule is Cc1ccc(C(=O)Nc2ccc(C)cc2Br)c(F)c1. The summed E-state index contributed by atoms with van der Waals surface area (Å²) < 4.78 is 14.5. The lowest BCUT2D eigenvalue weighted by Gasteiger charge is -2.09. The summed E-state index contributed by atoms with van der Waals surface area (Å²) in [5, 5.41) is 2.69. The van der Waals surface area contributed by atoms with Gasteiger partial charge >= 0.3 is 0 Å². The molecule has 0 saturated heterocycles. The average Bonchev–Trinajstić information content (AvgIpc) is 2.32. The van der Waals surface area contributed by atoms with Gasteiger partial charge in [-0.1, -0.05) is 12.1 Å². The summed E-state index contributed by atoms with van der Waals surface area (Å²) >= 11 is 3.37. The molecule has 0 atom stereocenters. The lowest BCUT2D eigenvalue weighted by atomic mass is 10.1. The Kier molecular flexibility index (Phi) is 4.00. The molecule has 98 valence electrons. The number of halogens is 2. The topological polar surface area (TPSA) is 29.1 Å². The summed E-state index contributed by atoms with van der Waals surface area (Å²) in [6, 6.07) is 10.1. The van der Waals surface area contributed by atoms with Crippen molar-refractivity contribution in [3.05, 3.63) is 63.4 Å². The Bertz CT molecular complexity index is 640. The number of rotatable bonds is 2. The van der Waals surface area contributed by atoms with E-state index < -0.39 is 11.7 Å². The van der Waals surface area contributed by atoms with Gasteiger partial charge in [-0.2, -0.15) is 0 Å². The minimum Gasteiger partial charge on any atom is -0.321 e. The van der Waals surface area contributed by atoms with E-state index in [0.29, 0.717) is 5.69 Å². The molecule has 0 aliphatic carbocycles. The zero-order chi connectivity index (χ0) is 14.0. The fourth-order valence-corrected chi connectivity index (χ4v) is 2.31. The molecular weight excluding hydrogens is 309 g/mol. The number of anilines is 1. The van der Waals surface area contributed by atoms with Gasteiger partial charge in [0.1, 0.15) is 5.82 Å². The second kappa shape index (κ2) is 5.53. The molecule has 2 aromatic rings. The average molecular weight is 322 g/mol. The van der Waals surface area contributed by atoms with Crippen LogP contribution in [-0.2, 0) is 0 Å². The summed E-state index contributed by atoms with van der Waals surface area (Å²) in [5.74, 6) is -0.970. The number of carbonyl (C=O) groups is 1. The number of hydrogen-bond acceptors (Lipinski definition) is 1. The van der Waals surface area contributed by atoms with E-state index in [-0.39, 0.29) is 5.56 Å². The molecule has 19 heavy (non-hydrogen) atoms. The highest BCUT2D eigenvalue weighted by Crippen LogP contribution is 2.24. The Balaban J connectivity index is 2.25. The van der Waals surface area contributed by atoms with Crippen LogP contribution in [0.5, 0.6) is 0 Å². The Morgan fingerprint density at radius 1 is 1.11 bits per heavy atom. The molecule has 4 heteroatoms. The predicted molar refractivity (Wildman–Crippen MR) is 78.0 cm³/mol. The van der Waals surface area contributed by atoms with Crippen molar-refractivity contribution in [1.29, 1.82) is 0 Å². The van der Waals surface area contributed by atoms with Crippen LogP contribution in [0.25, 0.3) is 0 Å². The molecule has 2 aromatic carbocycles. The molecular formula is C15H13BrFNO. The van der Waals surface area contributed by atoms with Crippen molar-refractivity contribution in [2.75, 3.05) is 5.32 Å². The minimum atomic E-state index is -0.513. The van der Waals surface area contributed by atoms with E-state index in [9.17, 15) is 9.18 Å². The van der Waals surface area contributed by atoms with Gasteiger partial charge in [-0.05, 0) is 65.2 Å². The van der Waals surface area contributed by atoms with Crippen molar-refractivity contribution >= 4 is 27.5 Å². The largest absolute Gasteiger partial charge is 0.321 e. The lowest BCUT2D eigenvalue weighted by molar-refractivity contribution is 0.102. The van der Waals surface area contributed by atoms with Crippen LogP contribution in [0, 0.1) is 19.7 Å². The molecule has 0 unspecified atom stereocenters. The number of benzene rings is 2. The maximum atomic E-state index is 13.7. The first-order valence-corrected chi connectivity index (χ1v) is 6.60. The number of hydrogen-bond donors (Lipinski definition) is 1. The van der Waals surface area contributed by atoms with Crippen molar-refractivity contribution in [3.63, 3.8) is 0 Å². The van der Waals surface area contributed by atoms with Crippen LogP contribution in [0.3, 0.4) is 0 Å². The van der Waals surface area contributed by atoms with Crippen LogP contribution in [-0.4, -0.2) is 5.91 Å². The standard InChI is InChI=1S/C15H13BrFNO/c1-9-4-6-14(12(16)7-9)18-15(19)11-5-3-10(2)8-13(11)17/h3-8H,1-2H3,(H,18,19). The van der Waals surface area contributed by atoms with Crippen molar-refractivity contribution in [3.8, 4) is 0 Å². The quantitative estimate of drug-likeness (QED) is 0.869. The summed E-state index contributed by atoms with van der Waals surface area (Å²) in [5.41, 5.74) is 2.52. The molecule has 0 aliphatic heterocycles. The Labute approximate surface area is 119 Å². The van der Waals surface area contributed by atoms with Gasteiger partial charge in [0.25, 0.3) is 5.91 Å². The van der Waals surface area contributed by atoms with Gasteiger partial charge in [0, 0.05) is 4.47 Å². The van der Waals surface area contributed by atoms with Crippen LogP contribution >= 0.6 is 15.9 Å². The maximum Gasteiger partial charge on any atom is 0.258 e. The third-order valence-electron chi connectivity index (χ3n) is 2.74. The molecule has 0 saturated carbocycles. The molecule has 2 nitrogen and oxygen atoms in total. The smallest absolute Gasteiger partial charge is 0.258 e. The van der Waals surface area contributed by atoms with E-state index in [1.807, 2.05) is 19.1 Å². The van der Waals surface area contributed by atoms with Gasteiger partial charge in [0.05, 0.1) is 11.3 Å². The second-order valence-electron chi connectivity index (χ2n) is 4.42. The van der Waals surface area contributed by atoms with Crippen LogP contribution in [0.4, 0.5) is 10.1 Å². The molecule has 0 bridgehead atoms. The van der Waals surface area contributed by atoms with Crippen LogP contribution < -0.4 is 5.32 Å². The van der Waals surface area contributed by atoms with Crippen molar-refractivity contribution in [2.45, 2.75) is 13.8 Å². The highest BCUT2D eigenvalue weighted by Gasteiger charge is 2.13. The monoisotopic (exact) mass is 321 g/mol. The fourth-order valence-electron chi connectivity index (χ4n) is 1.72. The van der Waals surface area contributed by atoms with Crippen molar-refractivity contribution < 1.29 is 9.18 Å². The Morgan fingerprint density at radius 2 is 1.74 bits per heavy atom. The van der Waals surface area contributed by atoms with Gasteiger partial charge < -0.3 is 5.32 Å². The molecule has 1 N–H and O–H groups in total. The molecule has 2 rings (SSSR count). The molecule has 0 aliphatic rings. The molecule has 0 spiro atoms. The predicted octanol–water partition coefficient (Wildman–Crippen LogP) is 4.46. The summed E-state index contributed by atoms with van der Waals surface area (Å²) in [4.78, 5) is 12.0. The molecule has 0 fully saturated rings. The van der Waals surface area contributed by atoms with E-state index in [0.717, 1.165) is 15.6 Å². The molecule has 0 heterocycles. The van der Waals surface area contributed by atoms with Crippen molar-refractivity contribution in [2.24, 2.45) is 0 Å². The maximum absolute atomic E-state index is 13.7. The van der Waals surface area contributed by atoms with Gasteiger partial charge in [-0.15, -0.1) is 0 Å². The van der Waals surface area contributed by atoms with E-state index in [4.69, 9.17) is 0 Å². The van der Waals surface area contributed by atoms with Gasteiger partial charge in [0.2, 0.25) is 0 Å². The zero-order valence-corrected chi connectivity index (χ0v) is 12.2. The van der Waals surface area contributed by atoms with E-state index in [2.05, 4.69) is 21.2 Å². The number of nitrogens with one attached hydrogen (secondary N) is 1. The Morgan fingerprint density at radius 3 is 2.37 bits per heavy atom. The zero-order valence-electron chi connectivity index (χ0n) is 10.6. The number of carbonyl (C=O) groups excluding carboxylic acids is 1. The van der Waals surface area contributed by atoms with E-state index >= 15 is 0 Å². The summed E-state index contributed by atoms with van der Waals surface area (Å²) in [6.07, 6.45) is 0.